The molecule has 34 heavy (non-hydrogen) atoms. The SMILES string of the molecule is COCC(C)(C)OC(=O)N1CCC(CC#N)(n2cc(C(N)=O)c(Nc3ccc(F)cc3)n2)CC1. The lowest BCUT2D eigenvalue weighted by Crippen LogP contribution is -2.50. The molecule has 0 bridgehead atoms. The minimum absolute atomic E-state index is 0.126. The van der Waals surface area contributed by atoms with E-state index in [2.05, 4.69) is 16.5 Å². The number of nitrogens with zero attached hydrogens (tertiary/aromatic N) is 4. The third-order valence-corrected chi connectivity index (χ3v) is 5.79. The van der Waals surface area contributed by atoms with Crippen LogP contribution in [0.4, 0.5) is 20.7 Å². The summed E-state index contributed by atoms with van der Waals surface area (Å²) in [4.78, 5) is 26.3. The van der Waals surface area contributed by atoms with Gasteiger partial charge in [-0.1, -0.05) is 0 Å². The Morgan fingerprint density at radius 1 is 1.29 bits per heavy atom. The van der Waals surface area contributed by atoms with Crippen LogP contribution < -0.4 is 11.1 Å². The fraction of sp³-hybridized carbons (Fsp3) is 0.478. The molecule has 0 aliphatic carbocycles. The Morgan fingerprint density at radius 3 is 2.50 bits per heavy atom. The molecule has 0 spiro atoms. The number of amides is 2. The van der Waals surface area contributed by atoms with E-state index in [0.717, 1.165) is 0 Å². The maximum atomic E-state index is 13.2. The van der Waals surface area contributed by atoms with Crippen molar-refractivity contribution in [1.82, 2.24) is 14.7 Å². The molecule has 0 radical (unpaired) electrons. The van der Waals surface area contributed by atoms with Gasteiger partial charge in [0.2, 0.25) is 0 Å². The van der Waals surface area contributed by atoms with Gasteiger partial charge in [0.15, 0.2) is 5.82 Å². The summed E-state index contributed by atoms with van der Waals surface area (Å²) in [6, 6.07) is 7.79. The number of anilines is 2. The summed E-state index contributed by atoms with van der Waals surface area (Å²) >= 11 is 0. The standard InChI is InChI=1S/C23H29FN6O4/c1-22(2,15-33-3)34-21(32)29-12-9-23(8-11-25,10-13-29)30-14-18(19(26)31)20(28-30)27-17-6-4-16(24)5-7-17/h4-7,14H,8-10,12-13,15H2,1-3H3,(H2,26,31)(H,27,28). The Hall–Kier alpha value is -3.65. The van der Waals surface area contributed by atoms with Gasteiger partial charge in [0.25, 0.3) is 5.91 Å². The number of hydrogen-bond donors (Lipinski definition) is 2. The zero-order valence-corrected chi connectivity index (χ0v) is 19.5. The lowest BCUT2D eigenvalue weighted by Gasteiger charge is -2.41. The molecule has 2 heterocycles. The number of methoxy groups -OCH3 is 1. The fourth-order valence-corrected chi connectivity index (χ4v) is 3.98. The van der Waals surface area contributed by atoms with Crippen LogP contribution in [0.5, 0.6) is 0 Å². The Morgan fingerprint density at radius 2 is 1.94 bits per heavy atom. The summed E-state index contributed by atoms with van der Waals surface area (Å²) in [6.07, 6.45) is 2.04. The van der Waals surface area contributed by atoms with Gasteiger partial charge in [-0.05, 0) is 51.0 Å². The van der Waals surface area contributed by atoms with Gasteiger partial charge < -0.3 is 25.4 Å². The first-order valence-corrected chi connectivity index (χ1v) is 10.9. The predicted octanol–water partition coefficient (Wildman–Crippen LogP) is 3.13. The van der Waals surface area contributed by atoms with Crippen LogP contribution in [-0.4, -0.2) is 59.1 Å². The summed E-state index contributed by atoms with van der Waals surface area (Å²) in [5, 5.41) is 17.0. The molecule has 0 atom stereocenters. The predicted molar refractivity (Wildman–Crippen MR) is 122 cm³/mol. The Bertz CT molecular complexity index is 1070. The smallest absolute Gasteiger partial charge is 0.410 e. The molecule has 2 amide bonds. The van der Waals surface area contributed by atoms with Crippen LogP contribution >= 0.6 is 0 Å². The van der Waals surface area contributed by atoms with E-state index in [4.69, 9.17) is 15.2 Å². The second-order valence-electron chi connectivity index (χ2n) is 8.94. The molecule has 0 saturated carbocycles. The second kappa shape index (κ2) is 10.1. The topological polar surface area (TPSA) is 136 Å². The number of carbonyl (C=O) groups is 2. The number of carbonyl (C=O) groups excluding carboxylic acids is 2. The largest absolute Gasteiger partial charge is 0.441 e. The fourth-order valence-electron chi connectivity index (χ4n) is 3.98. The van der Waals surface area contributed by atoms with Gasteiger partial charge in [0, 0.05) is 32.1 Å². The number of likely N-dealkylation sites (tertiary alicyclic amines) is 1. The minimum Gasteiger partial charge on any atom is -0.441 e. The number of piperidine rings is 1. The molecule has 10 nitrogen and oxygen atoms in total. The van der Waals surface area contributed by atoms with Gasteiger partial charge in [-0.2, -0.15) is 10.4 Å². The molecule has 1 aromatic carbocycles. The van der Waals surface area contributed by atoms with Gasteiger partial charge in [0.05, 0.1) is 24.6 Å². The van der Waals surface area contributed by atoms with Gasteiger partial charge in [0.1, 0.15) is 17.0 Å². The molecule has 0 unspecified atom stereocenters. The molecule has 3 N–H and O–H groups in total. The van der Waals surface area contributed by atoms with Gasteiger partial charge in [-0.3, -0.25) is 9.48 Å². The number of nitrogens with two attached hydrogens (primary N) is 1. The molecule has 3 rings (SSSR count). The molecule has 1 saturated heterocycles. The number of ether oxygens (including phenoxy) is 2. The van der Waals surface area contributed by atoms with E-state index >= 15 is 0 Å². The highest BCUT2D eigenvalue weighted by molar-refractivity contribution is 5.98. The normalized spacial score (nSPS) is 15.4. The number of nitrogens with one attached hydrogen (secondary N) is 1. The van der Waals surface area contributed by atoms with Crippen molar-refractivity contribution in [2.24, 2.45) is 5.73 Å². The zero-order valence-electron chi connectivity index (χ0n) is 19.5. The van der Waals surface area contributed by atoms with Crippen molar-refractivity contribution in [3.63, 3.8) is 0 Å². The van der Waals surface area contributed by atoms with E-state index in [1.807, 2.05) is 0 Å². The van der Waals surface area contributed by atoms with Crippen molar-refractivity contribution < 1.29 is 23.5 Å². The highest BCUT2D eigenvalue weighted by Gasteiger charge is 2.40. The van der Waals surface area contributed by atoms with Crippen LogP contribution in [0.3, 0.4) is 0 Å². The molecule has 1 aromatic heterocycles. The van der Waals surface area contributed by atoms with Crippen LogP contribution in [0.2, 0.25) is 0 Å². The lowest BCUT2D eigenvalue weighted by atomic mass is 9.85. The van der Waals surface area contributed by atoms with Crippen LogP contribution in [0.25, 0.3) is 0 Å². The van der Waals surface area contributed by atoms with E-state index in [9.17, 15) is 19.2 Å². The van der Waals surface area contributed by atoms with E-state index in [0.29, 0.717) is 31.6 Å². The molecule has 1 aliphatic rings. The van der Waals surface area contributed by atoms with E-state index in [-0.39, 0.29) is 24.4 Å². The van der Waals surface area contributed by atoms with Crippen molar-refractivity contribution in [2.75, 3.05) is 32.1 Å². The van der Waals surface area contributed by atoms with Crippen LogP contribution in [0, 0.1) is 17.1 Å². The molecule has 11 heteroatoms. The average Bonchev–Trinajstić information content (AvgIpc) is 3.20. The monoisotopic (exact) mass is 472 g/mol. The number of aromatic nitrogens is 2. The van der Waals surface area contributed by atoms with Gasteiger partial charge >= 0.3 is 6.09 Å². The van der Waals surface area contributed by atoms with Crippen molar-refractivity contribution in [1.29, 1.82) is 5.26 Å². The maximum Gasteiger partial charge on any atom is 0.410 e. The van der Waals surface area contributed by atoms with Gasteiger partial charge in [-0.15, -0.1) is 0 Å². The third-order valence-electron chi connectivity index (χ3n) is 5.79. The summed E-state index contributed by atoms with van der Waals surface area (Å²) in [5.74, 6) is -0.876. The Labute approximate surface area is 197 Å². The molecular weight excluding hydrogens is 443 g/mol. The van der Waals surface area contributed by atoms with Gasteiger partial charge in [-0.25, -0.2) is 9.18 Å². The molecular formula is C23H29FN6O4. The molecule has 182 valence electrons. The first-order valence-electron chi connectivity index (χ1n) is 10.9. The first kappa shape index (κ1) is 25.0. The average molecular weight is 473 g/mol. The number of primary amides is 1. The summed E-state index contributed by atoms with van der Waals surface area (Å²) in [5.41, 5.74) is 4.72. The van der Waals surface area contributed by atoms with Crippen LogP contribution in [0.1, 0.15) is 43.5 Å². The molecule has 1 aliphatic heterocycles. The minimum atomic E-state index is -0.772. The van der Waals surface area contributed by atoms with E-state index in [1.54, 1.807) is 23.4 Å². The number of halogens is 1. The maximum absolute atomic E-state index is 13.2. The summed E-state index contributed by atoms with van der Waals surface area (Å²) in [6.45, 7) is 4.48. The highest BCUT2D eigenvalue weighted by Crippen LogP contribution is 2.35. The molecule has 2 aromatic rings. The van der Waals surface area contributed by atoms with Crippen LogP contribution in [0.15, 0.2) is 30.5 Å². The van der Waals surface area contributed by atoms with Crippen molar-refractivity contribution >= 4 is 23.5 Å². The van der Waals surface area contributed by atoms with Crippen molar-refractivity contribution in [2.45, 2.75) is 44.2 Å². The Balaban J connectivity index is 1.81. The number of nitriles is 1. The van der Waals surface area contributed by atoms with E-state index < -0.39 is 29.0 Å². The number of benzene rings is 1. The number of rotatable bonds is 8. The van der Waals surface area contributed by atoms with Crippen LogP contribution in [-0.2, 0) is 15.0 Å². The lowest BCUT2D eigenvalue weighted by molar-refractivity contribution is -0.0384. The first-order chi connectivity index (χ1) is 16.1. The van der Waals surface area contributed by atoms with Crippen molar-refractivity contribution in [3.8, 4) is 6.07 Å². The van der Waals surface area contributed by atoms with Crippen molar-refractivity contribution in [3.05, 3.63) is 41.8 Å². The van der Waals surface area contributed by atoms with E-state index in [1.165, 1.54) is 37.6 Å². The quantitative estimate of drug-likeness (QED) is 0.602. The third kappa shape index (κ3) is 5.63. The summed E-state index contributed by atoms with van der Waals surface area (Å²) in [7, 11) is 1.54. The highest BCUT2D eigenvalue weighted by atomic mass is 19.1. The second-order valence-corrected chi connectivity index (χ2v) is 8.94. The Kier molecular flexibility index (Phi) is 7.41. The summed E-state index contributed by atoms with van der Waals surface area (Å²) < 4.78 is 25.5. The zero-order chi connectivity index (χ0) is 24.9. The number of hydrogen-bond acceptors (Lipinski definition) is 7. The molecule has 1 fully saturated rings.